The second kappa shape index (κ2) is 12.5. The molecule has 0 radical (unpaired) electrons. The fourth-order valence-corrected chi connectivity index (χ4v) is 4.36. The summed E-state index contributed by atoms with van der Waals surface area (Å²) in [5.74, 6) is 0.891. The summed E-state index contributed by atoms with van der Waals surface area (Å²) in [5, 5.41) is 17.6. The molecule has 0 saturated heterocycles. The molecule has 7 heteroatoms. The minimum atomic E-state index is -0.714. The molecule has 0 bridgehead atoms. The van der Waals surface area contributed by atoms with E-state index in [1.54, 1.807) is 37.6 Å². The third kappa shape index (κ3) is 6.37. The van der Waals surface area contributed by atoms with Crippen LogP contribution in [0.25, 0.3) is 10.8 Å². The maximum Gasteiger partial charge on any atom is 0.247 e. The van der Waals surface area contributed by atoms with Crippen molar-refractivity contribution < 1.29 is 14.3 Å². The molecule has 0 fully saturated rings. The molecular weight excluding hydrogens is 500 g/mol. The normalized spacial score (nSPS) is 11.3. The minimum Gasteiger partial charge on any atom is -0.493 e. The van der Waals surface area contributed by atoms with Gasteiger partial charge in [-0.3, -0.25) is 9.78 Å². The third-order valence-corrected chi connectivity index (χ3v) is 6.52. The number of fused-ring (bicyclic) bond motifs is 1. The van der Waals surface area contributed by atoms with Crippen LogP contribution < -0.4 is 20.1 Å². The van der Waals surface area contributed by atoms with Crippen molar-refractivity contribution in [3.05, 3.63) is 132 Å². The number of nitrogens with zero attached hydrogens (tertiary/aromatic N) is 2. The van der Waals surface area contributed by atoms with E-state index in [1.807, 2.05) is 72.9 Å². The molecule has 0 unspecified atom stereocenters. The van der Waals surface area contributed by atoms with Crippen LogP contribution in [0.3, 0.4) is 0 Å². The summed E-state index contributed by atoms with van der Waals surface area (Å²) in [4.78, 5) is 17.6. The van der Waals surface area contributed by atoms with E-state index >= 15 is 0 Å². The van der Waals surface area contributed by atoms with E-state index in [-0.39, 0.29) is 5.91 Å². The van der Waals surface area contributed by atoms with Gasteiger partial charge >= 0.3 is 0 Å². The van der Waals surface area contributed by atoms with Gasteiger partial charge in [0.15, 0.2) is 11.5 Å². The number of anilines is 1. The van der Waals surface area contributed by atoms with Gasteiger partial charge in [-0.15, -0.1) is 0 Å². The standard InChI is InChI=1S/C33H28N4O3/c1-39-31-18-27(11-14-30(31)40-22-25-7-10-28-21-35-16-15-26(28)17-25)32(37-29-12-8-23(19-34)9-13-29)33(38)36-20-24-5-3-2-4-6-24/h2-18,21,32,37H,20,22H2,1H3,(H,36,38)/t32-/m1/s1. The molecule has 0 aliphatic carbocycles. The Balaban J connectivity index is 1.36. The zero-order valence-electron chi connectivity index (χ0n) is 22.0. The fraction of sp³-hybridized carbons (Fsp3) is 0.121. The lowest BCUT2D eigenvalue weighted by atomic mass is 10.0. The Morgan fingerprint density at radius 1 is 0.900 bits per heavy atom. The Labute approximate surface area is 233 Å². The van der Waals surface area contributed by atoms with Crippen LogP contribution >= 0.6 is 0 Å². The number of hydrogen-bond donors (Lipinski definition) is 2. The number of nitrogens with one attached hydrogen (secondary N) is 2. The Bertz CT molecular complexity index is 1650. The van der Waals surface area contributed by atoms with Gasteiger partial charge < -0.3 is 20.1 Å². The summed E-state index contributed by atoms with van der Waals surface area (Å²) in [5.41, 5.74) is 3.98. The van der Waals surface area contributed by atoms with Crippen LogP contribution in [0.1, 0.15) is 28.3 Å². The fourth-order valence-electron chi connectivity index (χ4n) is 4.36. The Morgan fingerprint density at radius 2 is 1.73 bits per heavy atom. The van der Waals surface area contributed by atoms with Crippen LogP contribution in [-0.2, 0) is 17.9 Å². The largest absolute Gasteiger partial charge is 0.493 e. The molecule has 0 spiro atoms. The van der Waals surface area contributed by atoms with Gasteiger partial charge in [0.1, 0.15) is 12.6 Å². The maximum absolute atomic E-state index is 13.4. The first-order valence-electron chi connectivity index (χ1n) is 12.8. The number of aromatic nitrogens is 1. The number of amides is 1. The predicted octanol–water partition coefficient (Wildman–Crippen LogP) is 6.16. The number of hydrogen-bond acceptors (Lipinski definition) is 6. The predicted molar refractivity (Wildman–Crippen MR) is 155 cm³/mol. The van der Waals surface area contributed by atoms with Crippen molar-refractivity contribution in [2.24, 2.45) is 0 Å². The smallest absolute Gasteiger partial charge is 0.247 e. The monoisotopic (exact) mass is 528 g/mol. The topological polar surface area (TPSA) is 96.3 Å². The summed E-state index contributed by atoms with van der Waals surface area (Å²) in [6.45, 7) is 0.754. The highest BCUT2D eigenvalue weighted by Crippen LogP contribution is 2.32. The molecule has 0 saturated carbocycles. The van der Waals surface area contributed by atoms with Gasteiger partial charge in [0, 0.05) is 30.0 Å². The number of methoxy groups -OCH3 is 1. The van der Waals surface area contributed by atoms with Crippen LogP contribution in [0.5, 0.6) is 11.5 Å². The van der Waals surface area contributed by atoms with Gasteiger partial charge in [0.2, 0.25) is 5.91 Å². The molecule has 2 N–H and O–H groups in total. The Morgan fingerprint density at radius 3 is 2.50 bits per heavy atom. The highest BCUT2D eigenvalue weighted by Gasteiger charge is 2.22. The lowest BCUT2D eigenvalue weighted by molar-refractivity contribution is -0.122. The van der Waals surface area contributed by atoms with E-state index < -0.39 is 6.04 Å². The molecule has 1 heterocycles. The van der Waals surface area contributed by atoms with Crippen molar-refractivity contribution in [3.63, 3.8) is 0 Å². The van der Waals surface area contributed by atoms with E-state index in [0.717, 1.165) is 21.9 Å². The van der Waals surface area contributed by atoms with Crippen LogP contribution in [0.15, 0.2) is 109 Å². The second-order valence-corrected chi connectivity index (χ2v) is 9.23. The summed E-state index contributed by atoms with van der Waals surface area (Å²) in [7, 11) is 1.58. The summed E-state index contributed by atoms with van der Waals surface area (Å²) in [6.07, 6.45) is 3.60. The summed E-state index contributed by atoms with van der Waals surface area (Å²) >= 11 is 0. The molecule has 7 nitrogen and oxygen atoms in total. The molecule has 0 aliphatic heterocycles. The van der Waals surface area contributed by atoms with Crippen molar-refractivity contribution in [1.29, 1.82) is 5.26 Å². The molecule has 40 heavy (non-hydrogen) atoms. The molecular formula is C33H28N4O3. The SMILES string of the molecule is COc1cc([C@@H](Nc2ccc(C#N)cc2)C(=O)NCc2ccccc2)ccc1OCc1ccc2cnccc2c1. The van der Waals surface area contributed by atoms with Crippen molar-refractivity contribution >= 4 is 22.4 Å². The van der Waals surface area contributed by atoms with E-state index in [1.165, 1.54) is 0 Å². The third-order valence-electron chi connectivity index (χ3n) is 6.52. The number of ether oxygens (including phenoxy) is 2. The van der Waals surface area contributed by atoms with Gasteiger partial charge in [0.05, 0.1) is 18.7 Å². The van der Waals surface area contributed by atoms with Gasteiger partial charge in [-0.2, -0.15) is 5.26 Å². The number of benzene rings is 4. The van der Waals surface area contributed by atoms with Crippen molar-refractivity contribution in [1.82, 2.24) is 10.3 Å². The highest BCUT2D eigenvalue weighted by molar-refractivity contribution is 5.86. The zero-order chi connectivity index (χ0) is 27.7. The van der Waals surface area contributed by atoms with Crippen LogP contribution in [-0.4, -0.2) is 18.0 Å². The first kappa shape index (κ1) is 26.3. The van der Waals surface area contributed by atoms with Crippen LogP contribution in [0.4, 0.5) is 5.69 Å². The average Bonchev–Trinajstić information content (AvgIpc) is 3.02. The average molecular weight is 529 g/mol. The van der Waals surface area contributed by atoms with E-state index in [4.69, 9.17) is 14.7 Å². The summed E-state index contributed by atoms with van der Waals surface area (Å²) < 4.78 is 11.8. The summed E-state index contributed by atoms with van der Waals surface area (Å²) in [6, 6.07) is 31.7. The minimum absolute atomic E-state index is 0.199. The molecule has 1 atom stereocenters. The number of rotatable bonds is 10. The Kier molecular flexibility index (Phi) is 8.18. The maximum atomic E-state index is 13.4. The van der Waals surface area contributed by atoms with Gasteiger partial charge in [-0.05, 0) is 70.6 Å². The van der Waals surface area contributed by atoms with Crippen molar-refractivity contribution in [3.8, 4) is 17.6 Å². The van der Waals surface area contributed by atoms with E-state index in [2.05, 4.69) is 27.8 Å². The molecule has 1 aromatic heterocycles. The van der Waals surface area contributed by atoms with Crippen molar-refractivity contribution in [2.45, 2.75) is 19.2 Å². The number of nitriles is 1. The van der Waals surface area contributed by atoms with Gasteiger partial charge in [0.25, 0.3) is 0 Å². The Hall–Kier alpha value is -5.35. The highest BCUT2D eigenvalue weighted by atomic mass is 16.5. The molecule has 4 aromatic carbocycles. The molecule has 5 aromatic rings. The van der Waals surface area contributed by atoms with Gasteiger partial charge in [-0.1, -0.05) is 48.5 Å². The first-order chi connectivity index (χ1) is 19.6. The van der Waals surface area contributed by atoms with E-state index in [0.29, 0.717) is 41.5 Å². The van der Waals surface area contributed by atoms with Gasteiger partial charge in [-0.25, -0.2) is 0 Å². The van der Waals surface area contributed by atoms with Crippen LogP contribution in [0, 0.1) is 11.3 Å². The number of pyridine rings is 1. The molecule has 198 valence electrons. The number of carbonyl (C=O) groups is 1. The zero-order valence-corrected chi connectivity index (χ0v) is 22.0. The second-order valence-electron chi connectivity index (χ2n) is 9.23. The van der Waals surface area contributed by atoms with E-state index in [9.17, 15) is 4.79 Å². The number of carbonyl (C=O) groups excluding carboxylic acids is 1. The lowest BCUT2D eigenvalue weighted by Crippen LogP contribution is -2.33. The first-order valence-corrected chi connectivity index (χ1v) is 12.8. The quantitative estimate of drug-likeness (QED) is 0.225. The molecule has 0 aliphatic rings. The lowest BCUT2D eigenvalue weighted by Gasteiger charge is -2.21. The molecule has 1 amide bonds. The van der Waals surface area contributed by atoms with Crippen molar-refractivity contribution in [2.75, 3.05) is 12.4 Å². The van der Waals surface area contributed by atoms with Crippen LogP contribution in [0.2, 0.25) is 0 Å². The molecule has 5 rings (SSSR count).